The Labute approximate surface area is 170 Å². The standard InChI is InChI=1S/C21H27NO7/c1-7-28-20(23)14-11-22-12(3)17(21(24)29-8-2)18(14)13-9-15(25-4)19(27-6)16(10-13)26-5/h9-11,18,22H,7-8H2,1-6H3. The second-order valence-electron chi connectivity index (χ2n) is 6.12. The first-order chi connectivity index (χ1) is 13.9. The first-order valence-corrected chi connectivity index (χ1v) is 9.24. The normalized spacial score (nSPS) is 15.8. The maximum absolute atomic E-state index is 12.8. The summed E-state index contributed by atoms with van der Waals surface area (Å²) in [7, 11) is 4.50. The van der Waals surface area contributed by atoms with Crippen LogP contribution in [0.2, 0.25) is 0 Å². The first-order valence-electron chi connectivity index (χ1n) is 9.24. The lowest BCUT2D eigenvalue weighted by molar-refractivity contribution is -0.139. The number of hydrogen-bond donors (Lipinski definition) is 1. The number of nitrogens with one attached hydrogen (secondary N) is 1. The summed E-state index contributed by atoms with van der Waals surface area (Å²) in [6.07, 6.45) is 1.55. The number of rotatable bonds is 8. The number of benzene rings is 1. The Morgan fingerprint density at radius 3 is 1.97 bits per heavy atom. The predicted molar refractivity (Wildman–Crippen MR) is 106 cm³/mol. The summed E-state index contributed by atoms with van der Waals surface area (Å²) in [6, 6.07) is 3.41. The van der Waals surface area contributed by atoms with Crippen molar-refractivity contribution in [2.45, 2.75) is 26.7 Å². The van der Waals surface area contributed by atoms with Crippen molar-refractivity contribution >= 4 is 11.9 Å². The van der Waals surface area contributed by atoms with Crippen molar-refractivity contribution in [3.63, 3.8) is 0 Å². The fourth-order valence-corrected chi connectivity index (χ4v) is 3.20. The lowest BCUT2D eigenvalue weighted by atomic mass is 9.81. The topological polar surface area (TPSA) is 92.3 Å². The van der Waals surface area contributed by atoms with Gasteiger partial charge in [0.05, 0.1) is 51.6 Å². The molecule has 0 fully saturated rings. The zero-order valence-electron chi connectivity index (χ0n) is 17.6. The molecule has 29 heavy (non-hydrogen) atoms. The van der Waals surface area contributed by atoms with Gasteiger partial charge in [-0.05, 0) is 38.5 Å². The number of methoxy groups -OCH3 is 3. The van der Waals surface area contributed by atoms with Gasteiger partial charge in [0, 0.05) is 11.9 Å². The summed E-state index contributed by atoms with van der Waals surface area (Å²) in [5, 5.41) is 2.97. The fraction of sp³-hybridized carbons (Fsp3) is 0.429. The van der Waals surface area contributed by atoms with Crippen LogP contribution in [0.3, 0.4) is 0 Å². The van der Waals surface area contributed by atoms with Gasteiger partial charge in [-0.3, -0.25) is 0 Å². The Morgan fingerprint density at radius 1 is 0.931 bits per heavy atom. The SMILES string of the molecule is CCOC(=O)C1=CNC(C)=C(C(=O)OCC)C1c1cc(OC)c(OC)c(OC)c1. The number of allylic oxidation sites excluding steroid dienone is 1. The summed E-state index contributed by atoms with van der Waals surface area (Å²) in [6.45, 7) is 5.60. The van der Waals surface area contributed by atoms with Gasteiger partial charge in [-0.15, -0.1) is 0 Å². The average Bonchev–Trinajstić information content (AvgIpc) is 2.72. The van der Waals surface area contributed by atoms with Crippen molar-refractivity contribution in [3.05, 3.63) is 40.7 Å². The summed E-state index contributed by atoms with van der Waals surface area (Å²) in [4.78, 5) is 25.4. The molecule has 0 bridgehead atoms. The molecule has 158 valence electrons. The van der Waals surface area contributed by atoms with E-state index in [4.69, 9.17) is 23.7 Å². The van der Waals surface area contributed by atoms with Gasteiger partial charge in [-0.2, -0.15) is 0 Å². The molecule has 0 aliphatic carbocycles. The number of dihydropyridines is 1. The van der Waals surface area contributed by atoms with E-state index in [1.54, 1.807) is 39.1 Å². The summed E-state index contributed by atoms with van der Waals surface area (Å²) in [5.74, 6) is -0.566. The molecule has 1 aliphatic heterocycles. The van der Waals surface area contributed by atoms with Crippen LogP contribution < -0.4 is 19.5 Å². The third-order valence-corrected chi connectivity index (χ3v) is 4.47. The maximum Gasteiger partial charge on any atom is 0.336 e. The van der Waals surface area contributed by atoms with Crippen LogP contribution in [-0.2, 0) is 19.1 Å². The Morgan fingerprint density at radius 2 is 1.48 bits per heavy atom. The molecule has 1 N–H and O–H groups in total. The van der Waals surface area contributed by atoms with Gasteiger partial charge in [0.15, 0.2) is 11.5 Å². The van der Waals surface area contributed by atoms with Crippen LogP contribution in [-0.4, -0.2) is 46.5 Å². The van der Waals surface area contributed by atoms with Crippen LogP contribution in [0.25, 0.3) is 0 Å². The Hall–Kier alpha value is -3.16. The van der Waals surface area contributed by atoms with Crippen LogP contribution in [0.1, 0.15) is 32.3 Å². The van der Waals surface area contributed by atoms with E-state index in [0.29, 0.717) is 34.1 Å². The molecular weight excluding hydrogens is 378 g/mol. The zero-order valence-corrected chi connectivity index (χ0v) is 17.6. The van der Waals surface area contributed by atoms with Gasteiger partial charge < -0.3 is 29.0 Å². The van der Waals surface area contributed by atoms with Crippen LogP contribution in [0.15, 0.2) is 35.2 Å². The minimum Gasteiger partial charge on any atom is -0.493 e. The molecule has 0 aromatic heterocycles. The molecule has 0 radical (unpaired) electrons. The largest absolute Gasteiger partial charge is 0.493 e. The van der Waals surface area contributed by atoms with E-state index in [0.717, 1.165) is 0 Å². The molecule has 1 aliphatic rings. The number of ether oxygens (including phenoxy) is 5. The summed E-state index contributed by atoms with van der Waals surface area (Å²) >= 11 is 0. The second-order valence-corrected chi connectivity index (χ2v) is 6.12. The van der Waals surface area contributed by atoms with E-state index >= 15 is 0 Å². The zero-order chi connectivity index (χ0) is 21.6. The van der Waals surface area contributed by atoms with E-state index in [1.807, 2.05) is 0 Å². The van der Waals surface area contributed by atoms with Gasteiger partial charge in [-0.25, -0.2) is 9.59 Å². The van der Waals surface area contributed by atoms with E-state index in [2.05, 4.69) is 5.32 Å². The number of carbonyl (C=O) groups excluding carboxylic acids is 2. The number of hydrogen-bond acceptors (Lipinski definition) is 8. The van der Waals surface area contributed by atoms with Crippen LogP contribution in [0.4, 0.5) is 0 Å². The lowest BCUT2D eigenvalue weighted by Gasteiger charge is -2.28. The number of esters is 2. The lowest BCUT2D eigenvalue weighted by Crippen LogP contribution is -2.30. The van der Waals surface area contributed by atoms with Crippen LogP contribution in [0.5, 0.6) is 17.2 Å². The van der Waals surface area contributed by atoms with Crippen molar-refractivity contribution in [2.75, 3.05) is 34.5 Å². The molecule has 0 amide bonds. The first kappa shape index (κ1) is 22.1. The number of carbonyl (C=O) groups is 2. The molecule has 2 rings (SSSR count). The van der Waals surface area contributed by atoms with Crippen LogP contribution in [0, 0.1) is 0 Å². The molecule has 1 aromatic rings. The maximum atomic E-state index is 12.8. The predicted octanol–water partition coefficient (Wildman–Crippen LogP) is 2.68. The van der Waals surface area contributed by atoms with Gasteiger partial charge in [0.2, 0.25) is 5.75 Å². The monoisotopic (exact) mass is 405 g/mol. The molecule has 1 aromatic carbocycles. The van der Waals surface area contributed by atoms with E-state index in [-0.39, 0.29) is 18.8 Å². The molecule has 1 unspecified atom stereocenters. The highest BCUT2D eigenvalue weighted by Crippen LogP contribution is 2.44. The van der Waals surface area contributed by atoms with E-state index in [1.165, 1.54) is 21.3 Å². The van der Waals surface area contributed by atoms with Gasteiger partial charge in [0.25, 0.3) is 0 Å². The quantitative estimate of drug-likeness (QED) is 0.660. The molecule has 8 nitrogen and oxygen atoms in total. The molecule has 1 atom stereocenters. The van der Waals surface area contributed by atoms with Crippen molar-refractivity contribution < 1.29 is 33.3 Å². The summed E-state index contributed by atoms with van der Waals surface area (Å²) < 4.78 is 26.7. The van der Waals surface area contributed by atoms with Crippen molar-refractivity contribution in [2.24, 2.45) is 0 Å². The molecule has 1 heterocycles. The highest BCUT2D eigenvalue weighted by molar-refractivity contribution is 5.99. The molecule has 0 saturated carbocycles. The highest BCUT2D eigenvalue weighted by Gasteiger charge is 2.37. The third kappa shape index (κ3) is 4.47. The van der Waals surface area contributed by atoms with Crippen molar-refractivity contribution in [1.29, 1.82) is 0 Å². The minimum absolute atomic E-state index is 0.204. The molecule has 8 heteroatoms. The second kappa shape index (κ2) is 9.86. The van der Waals surface area contributed by atoms with E-state index < -0.39 is 17.9 Å². The van der Waals surface area contributed by atoms with Gasteiger partial charge >= 0.3 is 11.9 Å². The van der Waals surface area contributed by atoms with Crippen molar-refractivity contribution in [1.82, 2.24) is 5.32 Å². The third-order valence-electron chi connectivity index (χ3n) is 4.47. The van der Waals surface area contributed by atoms with Crippen LogP contribution >= 0.6 is 0 Å². The van der Waals surface area contributed by atoms with E-state index in [9.17, 15) is 9.59 Å². The highest BCUT2D eigenvalue weighted by atomic mass is 16.5. The average molecular weight is 405 g/mol. The Balaban J connectivity index is 2.71. The van der Waals surface area contributed by atoms with Crippen molar-refractivity contribution in [3.8, 4) is 17.2 Å². The minimum atomic E-state index is -0.733. The summed E-state index contributed by atoms with van der Waals surface area (Å²) in [5.41, 5.74) is 1.76. The van der Waals surface area contributed by atoms with Gasteiger partial charge in [0.1, 0.15) is 0 Å². The molecule has 0 saturated heterocycles. The molecule has 0 spiro atoms. The Kier molecular flexibility index (Phi) is 7.52. The fourth-order valence-electron chi connectivity index (χ4n) is 3.20. The molecular formula is C21H27NO7. The smallest absolute Gasteiger partial charge is 0.336 e. The van der Waals surface area contributed by atoms with Gasteiger partial charge in [-0.1, -0.05) is 0 Å². The Bertz CT molecular complexity index is 816.